The molecule has 1 rings (SSSR count). The number of hydrogen-bond donors (Lipinski definition) is 1. The average molecular weight is 180 g/mol. The molecule has 0 spiro atoms. The molecule has 13 heavy (non-hydrogen) atoms. The highest BCUT2D eigenvalue weighted by Crippen LogP contribution is 2.11. The van der Waals surface area contributed by atoms with E-state index in [4.69, 9.17) is 5.11 Å². The Kier molecular flexibility index (Phi) is 3.20. The van der Waals surface area contributed by atoms with Gasteiger partial charge in [-0.3, -0.25) is 0 Å². The van der Waals surface area contributed by atoms with E-state index in [0.717, 1.165) is 5.56 Å². The van der Waals surface area contributed by atoms with E-state index in [-0.39, 0.29) is 5.82 Å². The van der Waals surface area contributed by atoms with Crippen LogP contribution in [0.5, 0.6) is 0 Å². The van der Waals surface area contributed by atoms with E-state index < -0.39 is 6.10 Å². The highest BCUT2D eigenvalue weighted by atomic mass is 19.1. The van der Waals surface area contributed by atoms with Gasteiger partial charge in [0.05, 0.1) is 6.10 Å². The topological polar surface area (TPSA) is 20.2 Å². The lowest BCUT2D eigenvalue weighted by Crippen LogP contribution is -1.92. The number of aliphatic hydroxyl groups is 1. The molecular weight excluding hydrogens is 167 g/mol. The first-order chi connectivity index (χ1) is 6.09. The highest BCUT2D eigenvalue weighted by molar-refractivity contribution is 5.51. The fraction of sp³-hybridized carbons (Fsp3) is 0.273. The summed E-state index contributed by atoms with van der Waals surface area (Å²) >= 11 is 0. The Hall–Kier alpha value is -1.15. The van der Waals surface area contributed by atoms with E-state index in [1.165, 1.54) is 6.07 Å². The molecule has 0 aliphatic rings. The molecular formula is C11H13FO. The minimum atomic E-state index is -0.542. The number of halogens is 1. The predicted octanol–water partition coefficient (Wildman–Crippen LogP) is 2.53. The first kappa shape index (κ1) is 9.93. The Morgan fingerprint density at radius 2 is 2.15 bits per heavy atom. The van der Waals surface area contributed by atoms with Crippen molar-refractivity contribution in [1.82, 2.24) is 0 Å². The fourth-order valence-electron chi connectivity index (χ4n) is 1.03. The Morgan fingerprint density at radius 1 is 1.46 bits per heavy atom. The SMILES string of the molecule is Cc1ccc(F)c(/C=C/C(C)O)c1. The third kappa shape index (κ3) is 2.99. The molecule has 1 aromatic carbocycles. The molecule has 0 saturated carbocycles. The molecule has 0 aliphatic carbocycles. The van der Waals surface area contributed by atoms with Crippen LogP contribution in [0.15, 0.2) is 24.3 Å². The summed E-state index contributed by atoms with van der Waals surface area (Å²) in [5.41, 5.74) is 1.52. The van der Waals surface area contributed by atoms with Crippen LogP contribution < -0.4 is 0 Å². The quantitative estimate of drug-likeness (QED) is 0.741. The van der Waals surface area contributed by atoms with Crippen molar-refractivity contribution in [3.05, 3.63) is 41.2 Å². The Balaban J connectivity index is 2.93. The molecule has 1 aromatic rings. The second-order valence-electron chi connectivity index (χ2n) is 3.12. The number of benzene rings is 1. The average Bonchev–Trinajstić information content (AvgIpc) is 2.06. The van der Waals surface area contributed by atoms with Crippen molar-refractivity contribution < 1.29 is 9.50 Å². The van der Waals surface area contributed by atoms with Gasteiger partial charge >= 0.3 is 0 Å². The molecule has 0 amide bonds. The third-order valence-corrected chi connectivity index (χ3v) is 1.71. The number of hydrogen-bond acceptors (Lipinski definition) is 1. The first-order valence-corrected chi connectivity index (χ1v) is 4.22. The summed E-state index contributed by atoms with van der Waals surface area (Å²) in [6.07, 6.45) is 2.60. The van der Waals surface area contributed by atoms with Gasteiger partial charge in [0.25, 0.3) is 0 Å². The minimum Gasteiger partial charge on any atom is -0.389 e. The second-order valence-corrected chi connectivity index (χ2v) is 3.12. The van der Waals surface area contributed by atoms with E-state index in [9.17, 15) is 4.39 Å². The second kappa shape index (κ2) is 4.19. The number of aliphatic hydroxyl groups excluding tert-OH is 1. The summed E-state index contributed by atoms with van der Waals surface area (Å²) in [5, 5.41) is 8.96. The zero-order chi connectivity index (χ0) is 9.84. The molecule has 2 heteroatoms. The zero-order valence-electron chi connectivity index (χ0n) is 7.79. The van der Waals surface area contributed by atoms with Gasteiger partial charge in [0.2, 0.25) is 0 Å². The van der Waals surface area contributed by atoms with E-state index >= 15 is 0 Å². The van der Waals surface area contributed by atoms with E-state index in [1.807, 2.05) is 6.92 Å². The molecule has 1 N–H and O–H groups in total. The Labute approximate surface area is 77.5 Å². The Bertz CT molecular complexity index is 316. The lowest BCUT2D eigenvalue weighted by molar-refractivity contribution is 0.245. The van der Waals surface area contributed by atoms with Gasteiger partial charge in [0.15, 0.2) is 0 Å². The maximum Gasteiger partial charge on any atom is 0.130 e. The first-order valence-electron chi connectivity index (χ1n) is 4.22. The van der Waals surface area contributed by atoms with Crippen molar-refractivity contribution in [2.45, 2.75) is 20.0 Å². The lowest BCUT2D eigenvalue weighted by atomic mass is 10.1. The van der Waals surface area contributed by atoms with E-state index in [0.29, 0.717) is 5.56 Å². The molecule has 0 heterocycles. The van der Waals surface area contributed by atoms with Crippen LogP contribution in [-0.4, -0.2) is 11.2 Å². The summed E-state index contributed by atoms with van der Waals surface area (Å²) in [5.74, 6) is -0.262. The summed E-state index contributed by atoms with van der Waals surface area (Å²) in [7, 11) is 0. The Morgan fingerprint density at radius 3 is 2.77 bits per heavy atom. The minimum absolute atomic E-state index is 0.262. The molecule has 0 aromatic heterocycles. The zero-order valence-corrected chi connectivity index (χ0v) is 7.79. The van der Waals surface area contributed by atoms with Gasteiger partial charge in [-0.05, 0) is 26.0 Å². The largest absolute Gasteiger partial charge is 0.389 e. The van der Waals surface area contributed by atoms with E-state index in [2.05, 4.69) is 0 Å². The van der Waals surface area contributed by atoms with Gasteiger partial charge in [0, 0.05) is 5.56 Å². The van der Waals surface area contributed by atoms with Crippen molar-refractivity contribution in [3.8, 4) is 0 Å². The molecule has 1 unspecified atom stereocenters. The van der Waals surface area contributed by atoms with Crippen molar-refractivity contribution >= 4 is 6.08 Å². The molecule has 0 aliphatic heterocycles. The summed E-state index contributed by atoms with van der Waals surface area (Å²) < 4.78 is 13.1. The van der Waals surface area contributed by atoms with Crippen LogP contribution in [0.25, 0.3) is 6.08 Å². The van der Waals surface area contributed by atoms with Gasteiger partial charge in [-0.25, -0.2) is 4.39 Å². The standard InChI is InChI=1S/C11H13FO/c1-8-3-6-11(12)10(7-8)5-4-9(2)13/h3-7,9,13H,1-2H3/b5-4+. The van der Waals surface area contributed by atoms with Crippen molar-refractivity contribution in [1.29, 1.82) is 0 Å². The maximum absolute atomic E-state index is 13.1. The molecule has 70 valence electrons. The van der Waals surface area contributed by atoms with Crippen molar-refractivity contribution in [3.63, 3.8) is 0 Å². The van der Waals surface area contributed by atoms with Crippen LogP contribution >= 0.6 is 0 Å². The van der Waals surface area contributed by atoms with E-state index in [1.54, 1.807) is 31.2 Å². The van der Waals surface area contributed by atoms with Crippen LogP contribution in [0.4, 0.5) is 4.39 Å². The third-order valence-electron chi connectivity index (χ3n) is 1.71. The van der Waals surface area contributed by atoms with Gasteiger partial charge in [0.1, 0.15) is 5.82 Å². The lowest BCUT2D eigenvalue weighted by Gasteiger charge is -1.99. The van der Waals surface area contributed by atoms with Gasteiger partial charge in [-0.15, -0.1) is 0 Å². The van der Waals surface area contributed by atoms with Gasteiger partial charge in [-0.1, -0.05) is 23.8 Å². The maximum atomic E-state index is 13.1. The molecule has 0 fully saturated rings. The molecule has 0 saturated heterocycles. The smallest absolute Gasteiger partial charge is 0.130 e. The molecule has 1 nitrogen and oxygen atoms in total. The molecule has 0 radical (unpaired) electrons. The number of aryl methyl sites for hydroxylation is 1. The van der Waals surface area contributed by atoms with Crippen LogP contribution in [0.3, 0.4) is 0 Å². The van der Waals surface area contributed by atoms with Crippen LogP contribution in [0.1, 0.15) is 18.1 Å². The monoisotopic (exact) mass is 180 g/mol. The normalized spacial score (nSPS) is 13.5. The van der Waals surface area contributed by atoms with Crippen LogP contribution in [-0.2, 0) is 0 Å². The predicted molar refractivity (Wildman–Crippen MR) is 51.9 cm³/mol. The van der Waals surface area contributed by atoms with Crippen molar-refractivity contribution in [2.75, 3.05) is 0 Å². The molecule has 0 bridgehead atoms. The van der Waals surface area contributed by atoms with Crippen molar-refractivity contribution in [2.24, 2.45) is 0 Å². The van der Waals surface area contributed by atoms with Gasteiger partial charge in [-0.2, -0.15) is 0 Å². The fourth-order valence-corrected chi connectivity index (χ4v) is 1.03. The van der Waals surface area contributed by atoms with Gasteiger partial charge < -0.3 is 5.11 Å². The highest BCUT2D eigenvalue weighted by Gasteiger charge is 1.97. The van der Waals surface area contributed by atoms with Crippen LogP contribution in [0, 0.1) is 12.7 Å². The molecule has 1 atom stereocenters. The van der Waals surface area contributed by atoms with Crippen LogP contribution in [0.2, 0.25) is 0 Å². The number of rotatable bonds is 2. The summed E-state index contributed by atoms with van der Waals surface area (Å²) in [6, 6.07) is 4.89. The summed E-state index contributed by atoms with van der Waals surface area (Å²) in [6.45, 7) is 3.53. The summed E-state index contributed by atoms with van der Waals surface area (Å²) in [4.78, 5) is 0.